The lowest BCUT2D eigenvalue weighted by Gasteiger charge is -2.29. The maximum atomic E-state index is 13.3. The van der Waals surface area contributed by atoms with E-state index in [1.54, 1.807) is 33.3 Å². The van der Waals surface area contributed by atoms with Crippen molar-refractivity contribution in [1.29, 1.82) is 0 Å². The van der Waals surface area contributed by atoms with Crippen LogP contribution in [0, 0.1) is 0 Å². The van der Waals surface area contributed by atoms with Gasteiger partial charge in [-0.3, -0.25) is 14.4 Å². The Hall–Kier alpha value is -3.93. The summed E-state index contributed by atoms with van der Waals surface area (Å²) in [7, 11) is 0. The predicted molar refractivity (Wildman–Crippen MR) is 162 cm³/mol. The van der Waals surface area contributed by atoms with E-state index in [1.165, 1.54) is 13.8 Å². The number of rotatable bonds is 14. The van der Waals surface area contributed by atoms with E-state index in [2.05, 4.69) is 20.9 Å². The number of ether oxygens (including phenoxy) is 2. The zero-order valence-electron chi connectivity index (χ0n) is 26.0. The van der Waals surface area contributed by atoms with Gasteiger partial charge in [0.1, 0.15) is 17.2 Å². The highest BCUT2D eigenvalue weighted by Gasteiger charge is 2.34. The first-order chi connectivity index (χ1) is 20.3. The number of anilines is 1. The van der Waals surface area contributed by atoms with Crippen LogP contribution in [-0.4, -0.2) is 75.1 Å². The summed E-state index contributed by atoms with van der Waals surface area (Å²) in [6, 6.07) is 8.40. The highest BCUT2D eigenvalue weighted by atomic mass is 16.6. The van der Waals surface area contributed by atoms with Crippen molar-refractivity contribution in [2.24, 2.45) is 0 Å². The number of unbranched alkanes of at least 4 members (excludes halogenated alkanes) is 1. The highest BCUT2D eigenvalue weighted by molar-refractivity contribution is 5.98. The van der Waals surface area contributed by atoms with E-state index in [1.807, 2.05) is 39.8 Å². The number of aryl methyl sites for hydroxylation is 1. The van der Waals surface area contributed by atoms with Crippen LogP contribution in [0.2, 0.25) is 0 Å². The number of amides is 4. The van der Waals surface area contributed by atoms with Gasteiger partial charge in [-0.2, -0.15) is 0 Å². The summed E-state index contributed by atoms with van der Waals surface area (Å²) < 4.78 is 12.9. The molecule has 1 unspecified atom stereocenters. The maximum Gasteiger partial charge on any atom is 0.408 e. The van der Waals surface area contributed by atoms with Crippen molar-refractivity contribution in [2.45, 2.75) is 97.1 Å². The number of likely N-dealkylation sites (tertiary alicyclic amines) is 1. The third kappa shape index (κ3) is 11.7. The second-order valence-corrected chi connectivity index (χ2v) is 12.3. The average Bonchev–Trinajstić information content (AvgIpc) is 3.62. The second kappa shape index (κ2) is 15.5. The molecule has 1 saturated heterocycles. The minimum Gasteiger partial charge on any atom is -0.444 e. The van der Waals surface area contributed by atoms with Gasteiger partial charge in [0.15, 0.2) is 5.82 Å². The molecule has 0 aliphatic carbocycles. The molecule has 2 aromatic rings. The Balaban J connectivity index is 1.56. The minimum absolute atomic E-state index is 0.110. The lowest BCUT2D eigenvalue weighted by molar-refractivity contribution is -0.131. The van der Waals surface area contributed by atoms with Crippen LogP contribution in [0.15, 0.2) is 42.9 Å². The molecule has 1 aromatic heterocycles. The molecule has 3 N–H and O–H groups in total. The van der Waals surface area contributed by atoms with Crippen LogP contribution < -0.4 is 16.0 Å². The van der Waals surface area contributed by atoms with Gasteiger partial charge in [-0.15, -0.1) is 0 Å². The molecule has 0 radical (unpaired) electrons. The molecule has 1 aromatic carbocycles. The Morgan fingerprint density at radius 1 is 1.00 bits per heavy atom. The van der Waals surface area contributed by atoms with Crippen LogP contribution in [0.4, 0.5) is 10.6 Å². The molecule has 1 aliphatic heterocycles. The van der Waals surface area contributed by atoms with E-state index < -0.39 is 35.1 Å². The number of imidazole rings is 1. The van der Waals surface area contributed by atoms with Gasteiger partial charge in [0, 0.05) is 32.3 Å². The summed E-state index contributed by atoms with van der Waals surface area (Å²) in [5, 5.41) is 8.00. The van der Waals surface area contributed by atoms with Gasteiger partial charge in [-0.1, -0.05) is 30.3 Å². The van der Waals surface area contributed by atoms with Crippen molar-refractivity contribution in [1.82, 2.24) is 25.1 Å². The van der Waals surface area contributed by atoms with Gasteiger partial charge in [0.05, 0.1) is 19.5 Å². The van der Waals surface area contributed by atoms with Crippen molar-refractivity contribution in [3.8, 4) is 0 Å². The topological polar surface area (TPSA) is 144 Å². The third-order valence-electron chi connectivity index (χ3n) is 6.80. The molecule has 1 fully saturated rings. The van der Waals surface area contributed by atoms with Crippen LogP contribution in [0.3, 0.4) is 0 Å². The van der Waals surface area contributed by atoms with Gasteiger partial charge in [-0.05, 0) is 65.9 Å². The van der Waals surface area contributed by atoms with Gasteiger partial charge in [-0.25, -0.2) is 9.78 Å². The monoisotopic (exact) mass is 598 g/mol. The summed E-state index contributed by atoms with van der Waals surface area (Å²) in [5.41, 5.74) is -1.20. The van der Waals surface area contributed by atoms with Crippen molar-refractivity contribution < 1.29 is 28.7 Å². The lowest BCUT2D eigenvalue weighted by atomic mass is 10.0. The van der Waals surface area contributed by atoms with E-state index >= 15 is 0 Å². The molecule has 3 rings (SSSR count). The first kappa shape index (κ1) is 33.6. The highest BCUT2D eigenvalue weighted by Crippen LogP contribution is 2.13. The predicted octanol–water partition coefficient (Wildman–Crippen LogP) is 3.62. The van der Waals surface area contributed by atoms with E-state index in [4.69, 9.17) is 9.47 Å². The summed E-state index contributed by atoms with van der Waals surface area (Å²) in [5.74, 6) is -0.568. The third-order valence-corrected chi connectivity index (χ3v) is 6.80. The Labute approximate surface area is 253 Å². The molecule has 0 saturated carbocycles. The number of nitrogens with zero attached hydrogens (tertiary/aromatic N) is 3. The zero-order chi connectivity index (χ0) is 31.5. The fourth-order valence-corrected chi connectivity index (χ4v) is 4.46. The molecular weight excluding hydrogens is 552 g/mol. The number of alkyl carbamates (subject to hydrolysis) is 1. The molecule has 4 amide bonds. The number of hydrogen-bond acceptors (Lipinski definition) is 7. The zero-order valence-corrected chi connectivity index (χ0v) is 26.0. The molecule has 1 aliphatic rings. The molecule has 12 heteroatoms. The van der Waals surface area contributed by atoms with Crippen molar-refractivity contribution in [3.05, 3.63) is 48.4 Å². The van der Waals surface area contributed by atoms with Gasteiger partial charge < -0.3 is 34.9 Å². The van der Waals surface area contributed by atoms with Gasteiger partial charge >= 0.3 is 6.09 Å². The first-order valence-corrected chi connectivity index (χ1v) is 14.9. The van der Waals surface area contributed by atoms with Crippen LogP contribution in [0.5, 0.6) is 0 Å². The van der Waals surface area contributed by atoms with Crippen LogP contribution >= 0.6 is 0 Å². The molecule has 43 heavy (non-hydrogen) atoms. The molecule has 1 atom stereocenters. The number of carbonyl (C=O) groups is 4. The Morgan fingerprint density at radius 3 is 2.37 bits per heavy atom. The van der Waals surface area contributed by atoms with E-state index in [-0.39, 0.29) is 19.1 Å². The Bertz CT molecular complexity index is 1220. The first-order valence-electron chi connectivity index (χ1n) is 14.9. The van der Waals surface area contributed by atoms with Gasteiger partial charge in [0.25, 0.3) is 5.91 Å². The van der Waals surface area contributed by atoms with Crippen molar-refractivity contribution in [2.75, 3.05) is 25.0 Å². The SMILES string of the molecule is CC(C)(C)OC(=O)NC(C)(C)C(=O)NC(COCc1ccccc1)C(=O)Nc1cn(CCCCC(=O)N2CCCC2)cn1. The molecule has 0 spiro atoms. The summed E-state index contributed by atoms with van der Waals surface area (Å²) >= 11 is 0. The quantitative estimate of drug-likeness (QED) is 0.282. The lowest BCUT2D eigenvalue weighted by Crippen LogP contribution is -2.59. The number of hydrogen-bond donors (Lipinski definition) is 3. The summed E-state index contributed by atoms with van der Waals surface area (Å²) in [6.45, 7) is 10.7. The van der Waals surface area contributed by atoms with Crippen LogP contribution in [0.1, 0.15) is 72.3 Å². The van der Waals surface area contributed by atoms with E-state index in [0.29, 0.717) is 18.8 Å². The maximum absolute atomic E-state index is 13.3. The average molecular weight is 599 g/mol. The molecule has 236 valence electrons. The fourth-order valence-electron chi connectivity index (χ4n) is 4.46. The Morgan fingerprint density at radius 2 is 1.70 bits per heavy atom. The smallest absolute Gasteiger partial charge is 0.408 e. The normalized spacial score (nSPS) is 14.2. The van der Waals surface area contributed by atoms with Crippen molar-refractivity contribution in [3.63, 3.8) is 0 Å². The molecule has 0 bridgehead atoms. The molecular formula is C31H46N6O6. The van der Waals surface area contributed by atoms with Gasteiger partial charge in [0.2, 0.25) is 11.8 Å². The molecule has 2 heterocycles. The number of carbonyl (C=O) groups excluding carboxylic acids is 4. The van der Waals surface area contributed by atoms with Crippen LogP contribution in [-0.2, 0) is 37.0 Å². The summed E-state index contributed by atoms with van der Waals surface area (Å²) in [6.07, 6.45) is 6.84. The number of aromatic nitrogens is 2. The second-order valence-electron chi connectivity index (χ2n) is 12.3. The standard InChI is InChI=1S/C31H46N6O6/c1-30(2,3)43-29(41)35-31(4,5)28(40)33-24(21-42-20-23-13-7-6-8-14-23)27(39)34-25-19-36(22-32-25)16-10-9-15-26(38)37-17-11-12-18-37/h6-8,13-14,19,22,24H,9-12,15-18,20-21H2,1-5H3,(H,33,40)(H,34,39)(H,35,41). The number of benzene rings is 1. The summed E-state index contributed by atoms with van der Waals surface area (Å²) in [4.78, 5) is 57.2. The van der Waals surface area contributed by atoms with Crippen molar-refractivity contribution >= 4 is 29.6 Å². The molecule has 12 nitrogen and oxygen atoms in total. The fraction of sp³-hybridized carbons (Fsp3) is 0.581. The van der Waals surface area contributed by atoms with Crippen LogP contribution in [0.25, 0.3) is 0 Å². The largest absolute Gasteiger partial charge is 0.444 e. The van der Waals surface area contributed by atoms with E-state index in [9.17, 15) is 19.2 Å². The number of nitrogens with one attached hydrogen (secondary N) is 3. The minimum atomic E-state index is -1.38. The van der Waals surface area contributed by atoms with E-state index in [0.717, 1.165) is 44.3 Å². The Kier molecular flexibility index (Phi) is 12.1.